The molecule has 0 aromatic heterocycles. The fourth-order valence-corrected chi connectivity index (χ4v) is 3.23. The van der Waals surface area contributed by atoms with Gasteiger partial charge in [0, 0.05) is 5.69 Å². The van der Waals surface area contributed by atoms with Gasteiger partial charge in [-0.25, -0.2) is 5.43 Å². The first-order valence-electron chi connectivity index (χ1n) is 10.4. The Morgan fingerprint density at radius 3 is 2.49 bits per heavy atom. The van der Waals surface area contributed by atoms with Crippen LogP contribution in [-0.4, -0.2) is 30.5 Å². The molecule has 0 saturated carbocycles. The summed E-state index contributed by atoms with van der Waals surface area (Å²) in [6.45, 7) is 3.67. The molecule has 0 aliphatic heterocycles. The first kappa shape index (κ1) is 25.7. The van der Waals surface area contributed by atoms with Gasteiger partial charge in [-0.1, -0.05) is 53.5 Å². The topological polar surface area (TPSA) is 109 Å². The lowest BCUT2D eigenvalue weighted by atomic mass is 10.1. The van der Waals surface area contributed by atoms with Gasteiger partial charge in [0.1, 0.15) is 5.75 Å². The Hall–Kier alpha value is -3.88. The van der Waals surface area contributed by atoms with Crippen LogP contribution in [0.5, 0.6) is 5.75 Å². The molecule has 0 fully saturated rings. The molecule has 3 N–H and O–H groups in total. The van der Waals surface area contributed by atoms with E-state index in [0.717, 1.165) is 16.8 Å². The summed E-state index contributed by atoms with van der Waals surface area (Å²) in [5, 5.41) is 9.33. The minimum atomic E-state index is -0.993. The number of ether oxygens (including phenoxy) is 1. The van der Waals surface area contributed by atoms with E-state index < -0.39 is 11.8 Å². The minimum absolute atomic E-state index is 0.123. The molecule has 0 heterocycles. The highest BCUT2D eigenvalue weighted by molar-refractivity contribution is 6.45. The van der Waals surface area contributed by atoms with Crippen LogP contribution < -0.4 is 20.8 Å². The first-order chi connectivity index (χ1) is 16.7. The lowest BCUT2D eigenvalue weighted by Gasteiger charge is -2.10. The summed E-state index contributed by atoms with van der Waals surface area (Å²) >= 11 is 11.9. The fourth-order valence-electron chi connectivity index (χ4n) is 2.89. The lowest BCUT2D eigenvalue weighted by Crippen LogP contribution is -2.32. The Bertz CT molecular complexity index is 1290. The Morgan fingerprint density at radius 2 is 1.69 bits per heavy atom. The Balaban J connectivity index is 1.51. The highest BCUT2D eigenvalue weighted by Gasteiger charge is 2.15. The Kier molecular flexibility index (Phi) is 8.83. The molecule has 3 aromatic rings. The van der Waals surface area contributed by atoms with Gasteiger partial charge in [0.2, 0.25) is 0 Å². The predicted molar refractivity (Wildman–Crippen MR) is 137 cm³/mol. The van der Waals surface area contributed by atoms with E-state index in [-0.39, 0.29) is 28.2 Å². The number of hydrogen-bond acceptors (Lipinski definition) is 5. The summed E-state index contributed by atoms with van der Waals surface area (Å²) in [7, 11) is 0. The van der Waals surface area contributed by atoms with Gasteiger partial charge in [-0.15, -0.1) is 0 Å². The molecule has 3 amide bonds. The second-order valence-electron chi connectivity index (χ2n) is 7.48. The van der Waals surface area contributed by atoms with Crippen molar-refractivity contribution in [3.63, 3.8) is 0 Å². The quantitative estimate of drug-likeness (QED) is 0.241. The van der Waals surface area contributed by atoms with Gasteiger partial charge < -0.3 is 15.4 Å². The van der Waals surface area contributed by atoms with Gasteiger partial charge in [0.05, 0.1) is 21.9 Å². The molecule has 35 heavy (non-hydrogen) atoms. The van der Waals surface area contributed by atoms with Crippen molar-refractivity contribution in [1.82, 2.24) is 5.43 Å². The lowest BCUT2D eigenvalue weighted by molar-refractivity contribution is -0.136. The maximum absolute atomic E-state index is 12.3. The molecule has 0 saturated heterocycles. The molecule has 0 aliphatic rings. The molecule has 3 rings (SSSR count). The molecule has 180 valence electrons. The largest absolute Gasteiger partial charge is 0.484 e. The highest BCUT2D eigenvalue weighted by Crippen LogP contribution is 2.29. The summed E-state index contributed by atoms with van der Waals surface area (Å²) in [4.78, 5) is 36.3. The number of rotatable bonds is 7. The molecule has 0 aliphatic carbocycles. The number of nitrogens with zero attached hydrogens (tertiary/aromatic N) is 1. The van der Waals surface area contributed by atoms with E-state index in [9.17, 15) is 14.4 Å². The molecule has 10 heteroatoms. The number of aryl methyl sites for hydroxylation is 2. The number of hydrogen-bond donors (Lipinski definition) is 3. The molecule has 0 atom stereocenters. The number of carbonyl (C=O) groups is 3. The fraction of sp³-hybridized carbons (Fsp3) is 0.120. The van der Waals surface area contributed by atoms with Crippen LogP contribution in [0.15, 0.2) is 65.8 Å². The SMILES string of the molecule is Cc1ccc(C)c(NC(=O)COc2cccc(/C=N\NC(=O)C(=O)Nc3cccc(Cl)c3Cl)c2)c1. The van der Waals surface area contributed by atoms with Crippen molar-refractivity contribution >= 4 is 58.5 Å². The van der Waals surface area contributed by atoms with Crippen molar-refractivity contribution < 1.29 is 19.1 Å². The smallest absolute Gasteiger partial charge is 0.329 e. The summed E-state index contributed by atoms with van der Waals surface area (Å²) in [6.07, 6.45) is 1.33. The van der Waals surface area contributed by atoms with Gasteiger partial charge in [-0.05, 0) is 60.9 Å². The average Bonchev–Trinajstić information content (AvgIpc) is 2.83. The van der Waals surface area contributed by atoms with Crippen molar-refractivity contribution in [1.29, 1.82) is 0 Å². The van der Waals surface area contributed by atoms with E-state index in [2.05, 4.69) is 21.2 Å². The zero-order chi connectivity index (χ0) is 25.4. The molecule has 0 bridgehead atoms. The molecule has 8 nitrogen and oxygen atoms in total. The number of nitrogens with one attached hydrogen (secondary N) is 3. The molecule has 0 unspecified atom stereocenters. The van der Waals surface area contributed by atoms with Crippen LogP contribution in [0, 0.1) is 13.8 Å². The number of amides is 3. The molecule has 0 spiro atoms. The molecule has 0 radical (unpaired) electrons. The Labute approximate surface area is 212 Å². The third-order valence-corrected chi connectivity index (χ3v) is 5.50. The monoisotopic (exact) mass is 512 g/mol. The summed E-state index contributed by atoms with van der Waals surface area (Å²) in [5.41, 5.74) is 5.64. The number of hydrazone groups is 1. The molecular formula is C25H22Cl2N4O4. The van der Waals surface area contributed by atoms with E-state index in [4.69, 9.17) is 27.9 Å². The third kappa shape index (κ3) is 7.56. The van der Waals surface area contributed by atoms with E-state index in [1.165, 1.54) is 12.3 Å². The second kappa shape index (κ2) is 12.0. The van der Waals surface area contributed by atoms with Gasteiger partial charge in [-0.3, -0.25) is 14.4 Å². The number of benzene rings is 3. The number of halogens is 2. The van der Waals surface area contributed by atoms with Crippen molar-refractivity contribution in [2.45, 2.75) is 13.8 Å². The number of carbonyl (C=O) groups excluding carboxylic acids is 3. The highest BCUT2D eigenvalue weighted by atomic mass is 35.5. The summed E-state index contributed by atoms with van der Waals surface area (Å²) < 4.78 is 5.56. The van der Waals surface area contributed by atoms with E-state index in [1.807, 2.05) is 32.0 Å². The zero-order valence-electron chi connectivity index (χ0n) is 18.9. The number of anilines is 2. The maximum Gasteiger partial charge on any atom is 0.329 e. The maximum atomic E-state index is 12.3. The van der Waals surface area contributed by atoms with Gasteiger partial charge >= 0.3 is 11.8 Å². The first-order valence-corrected chi connectivity index (χ1v) is 11.2. The Morgan fingerprint density at radius 1 is 0.914 bits per heavy atom. The van der Waals surface area contributed by atoms with Gasteiger partial charge in [0.25, 0.3) is 5.91 Å². The molecular weight excluding hydrogens is 491 g/mol. The van der Waals surface area contributed by atoms with Crippen molar-refractivity contribution in [3.8, 4) is 5.75 Å². The van der Waals surface area contributed by atoms with Crippen molar-refractivity contribution in [2.75, 3.05) is 17.2 Å². The van der Waals surface area contributed by atoms with Crippen LogP contribution in [0.1, 0.15) is 16.7 Å². The van der Waals surface area contributed by atoms with E-state index in [0.29, 0.717) is 11.3 Å². The minimum Gasteiger partial charge on any atom is -0.484 e. The summed E-state index contributed by atoms with van der Waals surface area (Å²) in [6, 6.07) is 17.2. The normalized spacial score (nSPS) is 10.6. The second-order valence-corrected chi connectivity index (χ2v) is 8.27. The standard InChI is InChI=1S/C25H22Cl2N4O4/c1-15-9-10-16(2)21(11-15)29-22(32)14-35-18-6-3-5-17(12-18)13-28-31-25(34)24(33)30-20-8-4-7-19(26)23(20)27/h3-13H,14H2,1-2H3,(H,29,32)(H,30,33)(H,31,34)/b28-13-. The van der Waals surface area contributed by atoms with Crippen molar-refractivity contribution in [3.05, 3.63) is 87.4 Å². The van der Waals surface area contributed by atoms with Crippen LogP contribution in [0.4, 0.5) is 11.4 Å². The van der Waals surface area contributed by atoms with Gasteiger partial charge in [0.15, 0.2) is 6.61 Å². The third-order valence-electron chi connectivity index (χ3n) is 4.68. The van der Waals surface area contributed by atoms with E-state index in [1.54, 1.807) is 36.4 Å². The predicted octanol–water partition coefficient (Wildman–Crippen LogP) is 4.72. The summed E-state index contributed by atoms with van der Waals surface area (Å²) in [5.74, 6) is -1.81. The average molecular weight is 513 g/mol. The van der Waals surface area contributed by atoms with Crippen LogP contribution in [0.25, 0.3) is 0 Å². The van der Waals surface area contributed by atoms with Crippen LogP contribution in [-0.2, 0) is 14.4 Å². The van der Waals surface area contributed by atoms with Crippen LogP contribution >= 0.6 is 23.2 Å². The zero-order valence-corrected chi connectivity index (χ0v) is 20.4. The van der Waals surface area contributed by atoms with Gasteiger partial charge in [-0.2, -0.15) is 5.10 Å². The molecule has 3 aromatic carbocycles. The van der Waals surface area contributed by atoms with Crippen molar-refractivity contribution in [2.24, 2.45) is 5.10 Å². The van der Waals surface area contributed by atoms with E-state index >= 15 is 0 Å². The van der Waals surface area contributed by atoms with Crippen LogP contribution in [0.2, 0.25) is 10.0 Å². The van der Waals surface area contributed by atoms with Crippen LogP contribution in [0.3, 0.4) is 0 Å².